The average Bonchev–Trinajstić information content (AvgIpc) is 3.03. The van der Waals surface area contributed by atoms with E-state index in [9.17, 15) is 18.4 Å². The van der Waals surface area contributed by atoms with E-state index in [1.807, 2.05) is 56.3 Å². The van der Waals surface area contributed by atoms with Crippen molar-refractivity contribution in [3.8, 4) is 5.69 Å². The molecule has 0 saturated carbocycles. The molecule has 238 valence electrons. The summed E-state index contributed by atoms with van der Waals surface area (Å²) in [7, 11) is 2.39. The summed E-state index contributed by atoms with van der Waals surface area (Å²) in [5.74, 6) is -0.426. The molecule has 1 heterocycles. The van der Waals surface area contributed by atoms with Crippen molar-refractivity contribution in [2.24, 2.45) is 0 Å². The quantitative estimate of drug-likeness (QED) is 0.221. The smallest absolute Gasteiger partial charge is 0.423 e. The molecule has 12 heteroatoms. The molecule has 1 unspecified atom stereocenters. The molecular weight excluding hydrogens is 657 g/mol. The van der Waals surface area contributed by atoms with Crippen molar-refractivity contribution in [3.05, 3.63) is 135 Å². The molecular formula is C34H34BBrF2N4O4. The van der Waals surface area contributed by atoms with Crippen LogP contribution in [0.15, 0.2) is 106 Å². The molecule has 0 spiro atoms. The van der Waals surface area contributed by atoms with E-state index in [1.54, 1.807) is 35.2 Å². The molecule has 46 heavy (non-hydrogen) atoms. The molecule has 0 aliphatic rings. The molecule has 0 bridgehead atoms. The summed E-state index contributed by atoms with van der Waals surface area (Å²) in [6.07, 6.45) is 0.222. The van der Waals surface area contributed by atoms with Gasteiger partial charge in [-0.1, -0.05) is 52.3 Å². The largest absolute Gasteiger partial charge is 0.488 e. The third-order valence-electron chi connectivity index (χ3n) is 7.27. The van der Waals surface area contributed by atoms with Crippen LogP contribution in [0.5, 0.6) is 0 Å². The van der Waals surface area contributed by atoms with Crippen LogP contribution in [0.1, 0.15) is 24.4 Å². The first-order valence-electron chi connectivity index (χ1n) is 14.5. The molecule has 2 N–H and O–H groups in total. The van der Waals surface area contributed by atoms with Crippen LogP contribution in [0.4, 0.5) is 8.78 Å². The lowest BCUT2D eigenvalue weighted by molar-refractivity contribution is -0.133. The van der Waals surface area contributed by atoms with Crippen molar-refractivity contribution in [1.29, 1.82) is 0 Å². The number of hydrogen-bond donors (Lipinski definition) is 2. The maximum Gasteiger partial charge on any atom is 0.488 e. The van der Waals surface area contributed by atoms with E-state index in [-0.39, 0.29) is 23.7 Å². The van der Waals surface area contributed by atoms with Gasteiger partial charge < -0.3 is 19.8 Å². The van der Waals surface area contributed by atoms with Crippen LogP contribution in [-0.2, 0) is 11.2 Å². The number of carbonyl (C=O) groups excluding carboxylic acids is 1. The average molecular weight is 691 g/mol. The molecule has 1 atom stereocenters. The molecule has 5 aromatic rings. The van der Waals surface area contributed by atoms with Gasteiger partial charge in [0.1, 0.15) is 17.5 Å². The van der Waals surface area contributed by atoms with Crippen LogP contribution < -0.4 is 11.0 Å². The van der Waals surface area contributed by atoms with Crippen molar-refractivity contribution in [3.63, 3.8) is 0 Å². The summed E-state index contributed by atoms with van der Waals surface area (Å²) in [6.45, 7) is 2.98. The predicted molar refractivity (Wildman–Crippen MR) is 180 cm³/mol. The van der Waals surface area contributed by atoms with E-state index in [2.05, 4.69) is 15.9 Å². The number of halogens is 3. The highest BCUT2D eigenvalue weighted by molar-refractivity contribution is 9.10. The highest BCUT2D eigenvalue weighted by atomic mass is 79.9. The summed E-state index contributed by atoms with van der Waals surface area (Å²) < 4.78 is 28.3. The van der Waals surface area contributed by atoms with Crippen LogP contribution in [0.25, 0.3) is 16.6 Å². The van der Waals surface area contributed by atoms with Crippen LogP contribution in [0.2, 0.25) is 0 Å². The summed E-state index contributed by atoms with van der Waals surface area (Å²) in [6, 6.07) is 25.0. The van der Waals surface area contributed by atoms with Gasteiger partial charge in [0.15, 0.2) is 0 Å². The van der Waals surface area contributed by atoms with E-state index < -0.39 is 19.0 Å². The summed E-state index contributed by atoms with van der Waals surface area (Å²) >= 11 is 3.43. The van der Waals surface area contributed by atoms with Gasteiger partial charge in [-0.05, 0) is 92.7 Å². The van der Waals surface area contributed by atoms with Gasteiger partial charge in [0.25, 0.3) is 5.56 Å². The molecule has 0 radical (unpaired) electrons. The first-order chi connectivity index (χ1) is 21.9. The Bertz CT molecular complexity index is 1820. The van der Waals surface area contributed by atoms with Gasteiger partial charge in [-0.15, -0.1) is 0 Å². The van der Waals surface area contributed by atoms with E-state index in [0.717, 1.165) is 10.0 Å². The van der Waals surface area contributed by atoms with Crippen molar-refractivity contribution in [1.82, 2.24) is 19.4 Å². The lowest BCUT2D eigenvalue weighted by Crippen LogP contribution is -2.41. The number of likely N-dealkylation sites (N-methyl/N-ethyl adjacent to an activating group) is 1. The first-order valence-corrected chi connectivity index (χ1v) is 15.3. The second-order valence-electron chi connectivity index (χ2n) is 10.9. The van der Waals surface area contributed by atoms with Gasteiger partial charge in [0.2, 0.25) is 5.91 Å². The highest BCUT2D eigenvalue weighted by Crippen LogP contribution is 2.24. The van der Waals surface area contributed by atoms with Crippen LogP contribution in [-0.4, -0.2) is 69.6 Å². The summed E-state index contributed by atoms with van der Waals surface area (Å²) in [5.41, 5.74) is 1.97. The minimum Gasteiger partial charge on any atom is -0.423 e. The van der Waals surface area contributed by atoms with Gasteiger partial charge in [-0.2, -0.15) is 0 Å². The third kappa shape index (κ3) is 8.94. The van der Waals surface area contributed by atoms with Crippen molar-refractivity contribution >= 4 is 45.3 Å². The minimum atomic E-state index is -1.51. The van der Waals surface area contributed by atoms with Gasteiger partial charge in [0, 0.05) is 17.6 Å². The van der Waals surface area contributed by atoms with Gasteiger partial charge in [0.05, 0.1) is 29.1 Å². The maximum atomic E-state index is 13.7. The number of nitrogens with zero attached hydrogens (tertiary/aromatic N) is 4. The van der Waals surface area contributed by atoms with Crippen molar-refractivity contribution in [2.45, 2.75) is 19.4 Å². The fraction of sp³-hybridized carbons (Fsp3) is 0.206. The number of fused-ring (bicyclic) bond motifs is 1. The lowest BCUT2D eigenvalue weighted by Gasteiger charge is -2.31. The van der Waals surface area contributed by atoms with E-state index in [0.29, 0.717) is 41.0 Å². The second kappa shape index (κ2) is 15.9. The normalized spacial score (nSPS) is 11.6. The van der Waals surface area contributed by atoms with E-state index in [1.165, 1.54) is 41.0 Å². The number of amides is 1. The summed E-state index contributed by atoms with van der Waals surface area (Å²) in [5, 5.41) is 17.6. The van der Waals surface area contributed by atoms with Gasteiger partial charge >= 0.3 is 7.12 Å². The number of hydrogen-bond acceptors (Lipinski definition) is 6. The Labute approximate surface area is 274 Å². The molecule has 5 rings (SSSR count). The monoisotopic (exact) mass is 690 g/mol. The number of para-hydroxylation sites is 1. The zero-order valence-electron chi connectivity index (χ0n) is 25.6. The molecule has 0 aliphatic heterocycles. The Hall–Kier alpha value is -4.23. The van der Waals surface area contributed by atoms with Crippen molar-refractivity contribution < 1.29 is 23.6 Å². The standard InChI is InChI=1S/C28H28BrFN4O2.C6H6BFO2/c1-19(33(17-16-32(2)3)26(35)18-20-8-10-21(29)11-9-20)27-31-25-7-5-4-6-24(25)28(36)34(27)23-14-12-22(30)13-15-23;8-6-3-1-5(2-4-6)7(9)10/h4-15,19H,16-18H2,1-3H3;1-4,9-10H. The van der Waals surface area contributed by atoms with Gasteiger partial charge in [-0.25, -0.2) is 13.8 Å². The Balaban J connectivity index is 0.000000409. The number of rotatable bonds is 9. The van der Waals surface area contributed by atoms with E-state index >= 15 is 0 Å². The Morgan fingerprint density at radius 3 is 2.07 bits per heavy atom. The first kappa shape index (κ1) is 34.6. The molecule has 0 fully saturated rings. The maximum absolute atomic E-state index is 13.7. The zero-order chi connectivity index (χ0) is 33.4. The summed E-state index contributed by atoms with van der Waals surface area (Å²) in [4.78, 5) is 35.8. The fourth-order valence-corrected chi connectivity index (χ4v) is 5.03. The SMILES string of the molecule is CC(c1nc2ccccc2c(=O)n1-c1ccc(F)cc1)N(CCN(C)C)C(=O)Cc1ccc(Br)cc1.OB(O)c1ccc(F)cc1. The zero-order valence-corrected chi connectivity index (χ0v) is 27.2. The highest BCUT2D eigenvalue weighted by Gasteiger charge is 2.27. The second-order valence-corrected chi connectivity index (χ2v) is 11.8. The third-order valence-corrected chi connectivity index (χ3v) is 7.80. The Morgan fingerprint density at radius 1 is 0.891 bits per heavy atom. The number of carbonyl (C=O) groups is 1. The van der Waals surface area contributed by atoms with Crippen molar-refractivity contribution in [2.75, 3.05) is 27.2 Å². The molecule has 1 aromatic heterocycles. The lowest BCUT2D eigenvalue weighted by atomic mass is 9.80. The molecule has 8 nitrogen and oxygen atoms in total. The van der Waals surface area contributed by atoms with E-state index in [4.69, 9.17) is 15.0 Å². The van der Waals surface area contributed by atoms with Crippen LogP contribution in [0.3, 0.4) is 0 Å². The van der Waals surface area contributed by atoms with Crippen LogP contribution in [0, 0.1) is 11.6 Å². The topological polar surface area (TPSA) is 98.9 Å². The molecule has 0 aliphatic carbocycles. The van der Waals surface area contributed by atoms with Crippen LogP contribution >= 0.6 is 15.9 Å². The Kier molecular flexibility index (Phi) is 11.9. The number of benzene rings is 4. The Morgan fingerprint density at radius 2 is 1.48 bits per heavy atom. The molecule has 1 amide bonds. The number of aromatic nitrogens is 2. The predicted octanol–water partition coefficient (Wildman–Crippen LogP) is 4.49. The van der Waals surface area contributed by atoms with Gasteiger partial charge in [-0.3, -0.25) is 14.2 Å². The minimum absolute atomic E-state index is 0.0697. The molecule has 0 saturated heterocycles. The molecule has 4 aromatic carbocycles. The fourth-order valence-electron chi connectivity index (χ4n) is 4.76.